The lowest BCUT2D eigenvalue weighted by Gasteiger charge is -2.13. The Morgan fingerprint density at radius 3 is 1.74 bits per heavy atom. The van der Waals surface area contributed by atoms with Gasteiger partial charge >= 0.3 is 0 Å². The van der Waals surface area contributed by atoms with Crippen LogP contribution in [-0.4, -0.2) is 19.5 Å². The topological polar surface area (TPSA) is 83.0 Å². The molecule has 0 fully saturated rings. The van der Waals surface area contributed by atoms with E-state index in [2.05, 4.69) is 89.5 Å². The zero-order chi connectivity index (χ0) is 37.9. The van der Waals surface area contributed by atoms with Crippen molar-refractivity contribution in [3.8, 4) is 39.9 Å². The van der Waals surface area contributed by atoms with E-state index in [9.17, 15) is 0 Å². The molecule has 0 aliphatic rings. The number of fused-ring (bicyclic) bond motifs is 13. The van der Waals surface area contributed by atoms with Crippen LogP contribution in [0.25, 0.3) is 127 Å². The molecule has 0 bridgehead atoms. The number of furan rings is 3. The van der Waals surface area contributed by atoms with E-state index in [4.69, 9.17) is 28.2 Å². The molecule has 0 saturated heterocycles. The van der Waals surface area contributed by atoms with E-state index in [1.165, 1.54) is 0 Å². The first kappa shape index (κ1) is 31.2. The Hall–Kier alpha value is -8.03. The third kappa shape index (κ3) is 4.41. The lowest BCUT2D eigenvalue weighted by atomic mass is 10.0. The maximum atomic E-state index is 6.70. The quantitative estimate of drug-likeness (QED) is 0.178. The molecule has 7 heteroatoms. The predicted octanol–water partition coefficient (Wildman–Crippen LogP) is 13.7. The van der Waals surface area contributed by atoms with Gasteiger partial charge in [-0.15, -0.1) is 0 Å². The molecule has 0 radical (unpaired) electrons. The van der Waals surface area contributed by atoms with Crippen LogP contribution in [0.4, 0.5) is 0 Å². The fourth-order valence-corrected chi connectivity index (χ4v) is 8.94. The summed E-state index contributed by atoms with van der Waals surface area (Å²) in [5.74, 6) is 1.65. The summed E-state index contributed by atoms with van der Waals surface area (Å²) in [7, 11) is 0. The van der Waals surface area contributed by atoms with E-state index in [1.54, 1.807) is 0 Å². The fourth-order valence-electron chi connectivity index (χ4n) is 8.94. The van der Waals surface area contributed by atoms with Crippen molar-refractivity contribution in [1.82, 2.24) is 19.5 Å². The van der Waals surface area contributed by atoms with Crippen molar-refractivity contribution in [3.63, 3.8) is 0 Å². The molecule has 0 aliphatic heterocycles. The SMILES string of the molecule is c1ccc(-c2nc(-c3cc(-n4c5ccccc5c5c6oc7ccccc7c6ccc54)c4c(c3)oc3ccccc34)nc(-c3cccc4oc5ccccc5c34)n2)cc1. The molecule has 270 valence electrons. The fraction of sp³-hybridized carbons (Fsp3) is 0. The molecule has 0 unspecified atom stereocenters. The van der Waals surface area contributed by atoms with Crippen LogP contribution in [-0.2, 0) is 0 Å². The first-order valence-corrected chi connectivity index (χ1v) is 19.3. The van der Waals surface area contributed by atoms with Crippen molar-refractivity contribution in [2.75, 3.05) is 0 Å². The Balaban J connectivity index is 1.13. The van der Waals surface area contributed by atoms with Crippen LogP contribution in [0.15, 0.2) is 183 Å². The van der Waals surface area contributed by atoms with Gasteiger partial charge in [0.1, 0.15) is 33.5 Å². The lowest BCUT2D eigenvalue weighted by molar-refractivity contribution is 0.668. The Morgan fingerprint density at radius 1 is 0.345 bits per heavy atom. The van der Waals surface area contributed by atoms with Crippen molar-refractivity contribution < 1.29 is 13.3 Å². The van der Waals surface area contributed by atoms with E-state index in [0.717, 1.165) is 110 Å². The van der Waals surface area contributed by atoms with Crippen LogP contribution in [0.2, 0.25) is 0 Å². The summed E-state index contributed by atoms with van der Waals surface area (Å²) >= 11 is 0. The second-order valence-electron chi connectivity index (χ2n) is 14.7. The number of aromatic nitrogens is 4. The minimum Gasteiger partial charge on any atom is -0.456 e. The smallest absolute Gasteiger partial charge is 0.164 e. The number of rotatable bonds is 4. The van der Waals surface area contributed by atoms with Crippen molar-refractivity contribution >= 4 is 87.6 Å². The van der Waals surface area contributed by atoms with Crippen LogP contribution in [0.1, 0.15) is 0 Å². The molecule has 0 saturated carbocycles. The summed E-state index contributed by atoms with van der Waals surface area (Å²) in [5.41, 5.74) is 10.4. The Labute approximate surface area is 329 Å². The number of hydrogen-bond donors (Lipinski definition) is 0. The second kappa shape index (κ2) is 11.7. The van der Waals surface area contributed by atoms with Gasteiger partial charge in [0, 0.05) is 49.0 Å². The van der Waals surface area contributed by atoms with E-state index >= 15 is 0 Å². The first-order chi connectivity index (χ1) is 28.7. The Bertz CT molecular complexity index is 3810. The van der Waals surface area contributed by atoms with Gasteiger partial charge in [-0.2, -0.15) is 0 Å². The van der Waals surface area contributed by atoms with Gasteiger partial charge in [0.15, 0.2) is 17.5 Å². The molecular weight excluding hydrogens is 717 g/mol. The Morgan fingerprint density at radius 2 is 0.948 bits per heavy atom. The highest BCUT2D eigenvalue weighted by Crippen LogP contribution is 2.44. The van der Waals surface area contributed by atoms with Crippen molar-refractivity contribution in [2.45, 2.75) is 0 Å². The molecule has 13 aromatic rings. The van der Waals surface area contributed by atoms with Crippen LogP contribution in [0.5, 0.6) is 0 Å². The van der Waals surface area contributed by atoms with Crippen molar-refractivity contribution in [2.24, 2.45) is 0 Å². The molecule has 13 rings (SSSR count). The molecule has 5 aromatic heterocycles. The average molecular weight is 745 g/mol. The summed E-state index contributed by atoms with van der Waals surface area (Å²) in [4.78, 5) is 15.6. The summed E-state index contributed by atoms with van der Waals surface area (Å²) < 4.78 is 22.0. The second-order valence-corrected chi connectivity index (χ2v) is 14.7. The summed E-state index contributed by atoms with van der Waals surface area (Å²) in [6, 6.07) is 57.8. The van der Waals surface area contributed by atoms with Crippen LogP contribution in [0, 0.1) is 0 Å². The maximum absolute atomic E-state index is 6.70. The van der Waals surface area contributed by atoms with Crippen molar-refractivity contribution in [3.05, 3.63) is 170 Å². The van der Waals surface area contributed by atoms with Gasteiger partial charge in [0.05, 0.1) is 27.5 Å². The van der Waals surface area contributed by atoms with E-state index < -0.39 is 0 Å². The summed E-state index contributed by atoms with van der Waals surface area (Å²) in [6.07, 6.45) is 0. The first-order valence-electron chi connectivity index (χ1n) is 19.3. The van der Waals surface area contributed by atoms with Gasteiger partial charge in [0.25, 0.3) is 0 Å². The molecule has 8 aromatic carbocycles. The molecule has 0 spiro atoms. The van der Waals surface area contributed by atoms with Crippen molar-refractivity contribution in [1.29, 1.82) is 0 Å². The number of benzene rings is 8. The molecular formula is C51H28N4O3. The highest BCUT2D eigenvalue weighted by atomic mass is 16.3. The van der Waals surface area contributed by atoms with Crippen LogP contribution in [0.3, 0.4) is 0 Å². The average Bonchev–Trinajstić information content (AvgIpc) is 4.05. The van der Waals surface area contributed by atoms with Gasteiger partial charge in [-0.25, -0.2) is 15.0 Å². The van der Waals surface area contributed by atoms with Gasteiger partial charge in [-0.05, 0) is 54.6 Å². The molecule has 58 heavy (non-hydrogen) atoms. The van der Waals surface area contributed by atoms with Gasteiger partial charge in [-0.3, -0.25) is 0 Å². The lowest BCUT2D eigenvalue weighted by Crippen LogP contribution is -2.02. The normalized spacial score (nSPS) is 12.1. The zero-order valence-electron chi connectivity index (χ0n) is 30.7. The molecule has 5 heterocycles. The number of nitrogens with zero attached hydrogens (tertiary/aromatic N) is 4. The number of hydrogen-bond acceptors (Lipinski definition) is 6. The third-order valence-electron chi connectivity index (χ3n) is 11.4. The summed E-state index contributed by atoms with van der Waals surface area (Å²) in [5, 5.41) is 8.34. The molecule has 0 N–H and O–H groups in total. The molecule has 0 atom stereocenters. The van der Waals surface area contributed by atoms with Gasteiger partial charge < -0.3 is 17.8 Å². The largest absolute Gasteiger partial charge is 0.456 e. The van der Waals surface area contributed by atoms with E-state index in [-0.39, 0.29) is 0 Å². The number of para-hydroxylation sites is 4. The summed E-state index contributed by atoms with van der Waals surface area (Å²) in [6.45, 7) is 0. The van der Waals surface area contributed by atoms with Crippen LogP contribution < -0.4 is 0 Å². The third-order valence-corrected chi connectivity index (χ3v) is 11.4. The van der Waals surface area contributed by atoms with Crippen LogP contribution >= 0.6 is 0 Å². The standard InChI is InChI=1S/C51H28N4O3/c1-2-13-29(14-3-1)49-52-50(54-51(53-49)36-19-12-24-43-45(36)34-17-6-10-22-41(34)56-43)30-27-39(46-35-18-7-11-23-42(35)57-44(46)28-30)55-37-20-8-4-16-33(37)47-38(55)26-25-32-31-15-5-9-21-40(31)58-48(32)47/h1-28H. The van der Waals surface area contributed by atoms with Gasteiger partial charge in [-0.1, -0.05) is 115 Å². The molecule has 0 amide bonds. The maximum Gasteiger partial charge on any atom is 0.164 e. The minimum absolute atomic E-state index is 0.526. The van der Waals surface area contributed by atoms with E-state index in [0.29, 0.717) is 17.5 Å². The minimum atomic E-state index is 0.526. The highest BCUT2D eigenvalue weighted by Gasteiger charge is 2.24. The molecule has 0 aliphatic carbocycles. The Kier molecular flexibility index (Phi) is 6.32. The predicted molar refractivity (Wildman–Crippen MR) is 232 cm³/mol. The highest BCUT2D eigenvalue weighted by molar-refractivity contribution is 6.25. The molecule has 7 nitrogen and oxygen atoms in total. The zero-order valence-corrected chi connectivity index (χ0v) is 30.7. The van der Waals surface area contributed by atoms with Gasteiger partial charge in [0.2, 0.25) is 0 Å². The van der Waals surface area contributed by atoms with E-state index in [1.807, 2.05) is 84.9 Å². The monoisotopic (exact) mass is 744 g/mol.